The number of benzene rings is 1. The largest absolute Gasteiger partial charge is 0.494 e. The third-order valence-electron chi connectivity index (χ3n) is 4.96. The van der Waals surface area contributed by atoms with Crippen LogP contribution < -0.4 is 15.4 Å². The van der Waals surface area contributed by atoms with Crippen LogP contribution in [0.1, 0.15) is 38.2 Å². The molecule has 1 amide bonds. The SMILES string of the molecule is CCOc1ccccc1CNC(=NC)NCC1(C(=O)N(C)C)CCCC1.I. The van der Waals surface area contributed by atoms with E-state index in [4.69, 9.17) is 4.74 Å². The van der Waals surface area contributed by atoms with E-state index in [-0.39, 0.29) is 35.3 Å². The third-order valence-corrected chi connectivity index (χ3v) is 4.96. The Bertz CT molecular complexity index is 628. The van der Waals surface area contributed by atoms with Gasteiger partial charge in [-0.1, -0.05) is 31.0 Å². The van der Waals surface area contributed by atoms with Gasteiger partial charge in [0.2, 0.25) is 5.91 Å². The van der Waals surface area contributed by atoms with Crippen LogP contribution in [0.25, 0.3) is 0 Å². The summed E-state index contributed by atoms with van der Waals surface area (Å²) < 4.78 is 5.67. The Balaban J connectivity index is 0.00000364. The molecule has 1 aliphatic rings. The van der Waals surface area contributed by atoms with Gasteiger partial charge in [0.05, 0.1) is 12.0 Å². The van der Waals surface area contributed by atoms with Crippen LogP contribution in [0.5, 0.6) is 5.75 Å². The molecule has 0 bridgehead atoms. The summed E-state index contributed by atoms with van der Waals surface area (Å²) in [6, 6.07) is 7.98. The fourth-order valence-electron chi connectivity index (χ4n) is 3.59. The molecule has 1 fully saturated rings. The molecule has 0 heterocycles. The van der Waals surface area contributed by atoms with Crippen LogP contribution in [0.4, 0.5) is 0 Å². The summed E-state index contributed by atoms with van der Waals surface area (Å²) in [5.74, 6) is 1.79. The maximum Gasteiger partial charge on any atom is 0.230 e. The van der Waals surface area contributed by atoms with Crippen molar-refractivity contribution >= 4 is 35.8 Å². The van der Waals surface area contributed by atoms with E-state index < -0.39 is 0 Å². The lowest BCUT2D eigenvalue weighted by Crippen LogP contribution is -2.49. The first-order valence-corrected chi connectivity index (χ1v) is 9.39. The number of carbonyl (C=O) groups is 1. The first kappa shape index (κ1) is 23.5. The molecule has 152 valence electrons. The lowest BCUT2D eigenvalue weighted by atomic mass is 9.84. The third kappa shape index (κ3) is 6.26. The first-order chi connectivity index (χ1) is 12.5. The van der Waals surface area contributed by atoms with Crippen LogP contribution in [0.15, 0.2) is 29.3 Å². The Kier molecular flexibility index (Phi) is 9.90. The number of rotatable bonds is 7. The number of ether oxygens (including phenoxy) is 1. The molecule has 0 atom stereocenters. The van der Waals surface area contributed by atoms with Gasteiger partial charge in [-0.2, -0.15) is 0 Å². The van der Waals surface area contributed by atoms with E-state index in [0.717, 1.165) is 37.0 Å². The highest BCUT2D eigenvalue weighted by molar-refractivity contribution is 14.0. The molecule has 0 unspecified atom stereocenters. The molecule has 0 aliphatic heterocycles. The predicted molar refractivity (Wildman–Crippen MR) is 121 cm³/mol. The van der Waals surface area contributed by atoms with E-state index >= 15 is 0 Å². The number of hydrogen-bond acceptors (Lipinski definition) is 3. The summed E-state index contributed by atoms with van der Waals surface area (Å²) in [7, 11) is 5.42. The number of amides is 1. The molecule has 27 heavy (non-hydrogen) atoms. The molecule has 1 saturated carbocycles. The second kappa shape index (κ2) is 11.4. The van der Waals surface area contributed by atoms with E-state index in [2.05, 4.69) is 15.6 Å². The molecular formula is C20H33IN4O2. The van der Waals surface area contributed by atoms with Gasteiger partial charge in [0.15, 0.2) is 5.96 Å². The monoisotopic (exact) mass is 488 g/mol. The summed E-state index contributed by atoms with van der Waals surface area (Å²) in [5, 5.41) is 6.69. The molecule has 7 heteroatoms. The first-order valence-electron chi connectivity index (χ1n) is 9.39. The van der Waals surface area contributed by atoms with Crippen molar-refractivity contribution in [2.75, 3.05) is 34.3 Å². The van der Waals surface area contributed by atoms with Crippen molar-refractivity contribution in [1.82, 2.24) is 15.5 Å². The smallest absolute Gasteiger partial charge is 0.230 e. The van der Waals surface area contributed by atoms with Crippen molar-refractivity contribution in [2.24, 2.45) is 10.4 Å². The number of nitrogens with one attached hydrogen (secondary N) is 2. The molecule has 2 N–H and O–H groups in total. The standard InChI is InChI=1S/C20H32N4O2.HI/c1-5-26-17-11-7-6-10-16(17)14-22-19(21-2)23-15-20(12-8-9-13-20)18(25)24(3)4;/h6-7,10-11H,5,8-9,12-15H2,1-4H3,(H2,21,22,23);1H. The number of nitrogens with zero attached hydrogens (tertiary/aromatic N) is 2. The summed E-state index contributed by atoms with van der Waals surface area (Å²) >= 11 is 0. The number of para-hydroxylation sites is 1. The van der Waals surface area contributed by atoms with Crippen molar-refractivity contribution < 1.29 is 9.53 Å². The zero-order valence-electron chi connectivity index (χ0n) is 16.9. The molecular weight excluding hydrogens is 455 g/mol. The van der Waals surface area contributed by atoms with Gasteiger partial charge in [-0.15, -0.1) is 24.0 Å². The van der Waals surface area contributed by atoms with E-state index in [9.17, 15) is 4.79 Å². The van der Waals surface area contributed by atoms with Gasteiger partial charge in [-0.25, -0.2) is 0 Å². The summed E-state index contributed by atoms with van der Waals surface area (Å²) in [5.41, 5.74) is 0.766. The van der Waals surface area contributed by atoms with Crippen LogP contribution in [-0.4, -0.2) is 51.1 Å². The Morgan fingerprint density at radius 3 is 2.48 bits per heavy atom. The summed E-state index contributed by atoms with van der Waals surface area (Å²) in [6.45, 7) is 3.84. The van der Waals surface area contributed by atoms with Gasteiger partial charge in [-0.05, 0) is 25.8 Å². The highest BCUT2D eigenvalue weighted by atomic mass is 127. The van der Waals surface area contributed by atoms with E-state index in [1.807, 2.05) is 45.3 Å². The quantitative estimate of drug-likeness (QED) is 0.352. The van der Waals surface area contributed by atoms with Gasteiger partial charge in [0, 0.05) is 39.8 Å². The molecule has 6 nitrogen and oxygen atoms in total. The highest BCUT2D eigenvalue weighted by Gasteiger charge is 2.42. The fourth-order valence-corrected chi connectivity index (χ4v) is 3.59. The second-order valence-corrected chi connectivity index (χ2v) is 7.01. The maximum absolute atomic E-state index is 12.7. The molecule has 0 saturated heterocycles. The second-order valence-electron chi connectivity index (χ2n) is 7.01. The van der Waals surface area contributed by atoms with Gasteiger partial charge in [-0.3, -0.25) is 9.79 Å². The Morgan fingerprint density at radius 2 is 1.89 bits per heavy atom. The molecule has 1 aromatic carbocycles. The Labute approximate surface area is 180 Å². The van der Waals surface area contributed by atoms with E-state index in [1.54, 1.807) is 11.9 Å². The topological polar surface area (TPSA) is 66.0 Å². The van der Waals surface area contributed by atoms with Crippen molar-refractivity contribution in [3.8, 4) is 5.75 Å². The van der Waals surface area contributed by atoms with Crippen LogP contribution in [0.3, 0.4) is 0 Å². The van der Waals surface area contributed by atoms with Crippen molar-refractivity contribution in [1.29, 1.82) is 0 Å². The van der Waals surface area contributed by atoms with Crippen LogP contribution >= 0.6 is 24.0 Å². The molecule has 0 radical (unpaired) electrons. The molecule has 2 rings (SSSR count). The number of halogens is 1. The molecule has 1 aromatic rings. The maximum atomic E-state index is 12.7. The average Bonchev–Trinajstić information content (AvgIpc) is 3.12. The Morgan fingerprint density at radius 1 is 1.22 bits per heavy atom. The number of hydrogen-bond donors (Lipinski definition) is 2. The fraction of sp³-hybridized carbons (Fsp3) is 0.600. The van der Waals surface area contributed by atoms with Crippen LogP contribution in [0, 0.1) is 5.41 Å². The van der Waals surface area contributed by atoms with Gasteiger partial charge in [0.25, 0.3) is 0 Å². The normalized spacial score (nSPS) is 15.6. The summed E-state index contributed by atoms with van der Waals surface area (Å²) in [4.78, 5) is 18.7. The van der Waals surface area contributed by atoms with Gasteiger partial charge < -0.3 is 20.3 Å². The lowest BCUT2D eigenvalue weighted by molar-refractivity contribution is -0.138. The van der Waals surface area contributed by atoms with Crippen LogP contribution in [0.2, 0.25) is 0 Å². The van der Waals surface area contributed by atoms with Crippen molar-refractivity contribution in [2.45, 2.75) is 39.2 Å². The lowest BCUT2D eigenvalue weighted by Gasteiger charge is -2.31. The molecule has 0 aromatic heterocycles. The van der Waals surface area contributed by atoms with Crippen LogP contribution in [-0.2, 0) is 11.3 Å². The highest BCUT2D eigenvalue weighted by Crippen LogP contribution is 2.38. The van der Waals surface area contributed by atoms with E-state index in [0.29, 0.717) is 25.7 Å². The predicted octanol–water partition coefficient (Wildman–Crippen LogP) is 3.02. The minimum Gasteiger partial charge on any atom is -0.494 e. The number of guanidine groups is 1. The van der Waals surface area contributed by atoms with E-state index in [1.165, 1.54) is 0 Å². The zero-order valence-corrected chi connectivity index (χ0v) is 19.2. The minimum absolute atomic E-state index is 0. The van der Waals surface area contributed by atoms with Gasteiger partial charge >= 0.3 is 0 Å². The van der Waals surface area contributed by atoms with Gasteiger partial charge in [0.1, 0.15) is 5.75 Å². The average molecular weight is 488 g/mol. The van der Waals surface area contributed by atoms with Crippen molar-refractivity contribution in [3.05, 3.63) is 29.8 Å². The zero-order chi connectivity index (χ0) is 19.0. The summed E-state index contributed by atoms with van der Waals surface area (Å²) in [6.07, 6.45) is 4.08. The Hall–Kier alpha value is -1.51. The number of carbonyl (C=O) groups excluding carboxylic acids is 1. The van der Waals surface area contributed by atoms with Crippen molar-refractivity contribution in [3.63, 3.8) is 0 Å². The minimum atomic E-state index is -0.315. The molecule has 0 spiro atoms. The number of aliphatic imine (C=N–C) groups is 1. The molecule has 1 aliphatic carbocycles.